The molecule has 2 rings (SSSR count). The summed E-state index contributed by atoms with van der Waals surface area (Å²) in [6.45, 7) is 3.22. The van der Waals surface area contributed by atoms with E-state index < -0.39 is 17.7 Å². The molecule has 120 valence electrons. The van der Waals surface area contributed by atoms with Crippen LogP contribution in [0.4, 0.5) is 10.1 Å². The normalized spacial score (nSPS) is 10.3. The zero-order chi connectivity index (χ0) is 17.0. The molecule has 1 amide bonds. The fourth-order valence-corrected chi connectivity index (χ4v) is 2.18. The molecule has 1 aromatic heterocycles. The number of benzene rings is 1. The predicted molar refractivity (Wildman–Crippen MR) is 83.8 cm³/mol. The van der Waals surface area contributed by atoms with Gasteiger partial charge in [0.1, 0.15) is 12.4 Å². The van der Waals surface area contributed by atoms with Crippen molar-refractivity contribution in [2.24, 2.45) is 0 Å². The number of nitrogens with zero attached hydrogens (tertiary/aromatic N) is 2. The Morgan fingerprint density at radius 3 is 2.57 bits per heavy atom. The van der Waals surface area contributed by atoms with E-state index in [9.17, 15) is 14.0 Å². The molecule has 5 nitrogen and oxygen atoms in total. The molecule has 1 heterocycles. The third-order valence-corrected chi connectivity index (χ3v) is 3.34. The molecule has 0 radical (unpaired) electrons. The molecule has 1 aromatic carbocycles. The van der Waals surface area contributed by atoms with Crippen molar-refractivity contribution in [2.45, 2.75) is 13.8 Å². The maximum absolute atomic E-state index is 13.5. The topological polar surface area (TPSA) is 59.5 Å². The maximum Gasteiger partial charge on any atom is 0.325 e. The second-order valence-corrected chi connectivity index (χ2v) is 5.03. The zero-order valence-electron chi connectivity index (χ0n) is 13.2. The Balaban J connectivity index is 2.44. The lowest BCUT2D eigenvalue weighted by Crippen LogP contribution is -2.36. The number of anilines is 1. The molecule has 6 heteroatoms. The van der Waals surface area contributed by atoms with Crippen LogP contribution in [-0.2, 0) is 9.53 Å². The highest BCUT2D eigenvalue weighted by Gasteiger charge is 2.23. The Bertz CT molecular complexity index is 746. The van der Waals surface area contributed by atoms with Gasteiger partial charge in [0.05, 0.1) is 18.4 Å². The number of amides is 1. The average Bonchev–Trinajstić information content (AvgIpc) is 2.51. The second-order valence-electron chi connectivity index (χ2n) is 5.03. The van der Waals surface area contributed by atoms with Crippen molar-refractivity contribution in [3.05, 3.63) is 59.2 Å². The average molecular weight is 316 g/mol. The minimum Gasteiger partial charge on any atom is -0.468 e. The number of esters is 1. The summed E-state index contributed by atoms with van der Waals surface area (Å²) in [6, 6.07) is 8.84. The van der Waals surface area contributed by atoms with Crippen LogP contribution in [-0.4, -0.2) is 30.5 Å². The number of aromatic nitrogens is 1. The third-order valence-electron chi connectivity index (χ3n) is 3.34. The van der Waals surface area contributed by atoms with Crippen LogP contribution in [0.3, 0.4) is 0 Å². The van der Waals surface area contributed by atoms with E-state index in [1.807, 2.05) is 6.92 Å². The lowest BCUT2D eigenvalue weighted by Gasteiger charge is -2.22. The first-order valence-electron chi connectivity index (χ1n) is 7.01. The number of pyridine rings is 1. The first kappa shape index (κ1) is 16.6. The van der Waals surface area contributed by atoms with Crippen LogP contribution >= 0.6 is 0 Å². The van der Waals surface area contributed by atoms with E-state index in [4.69, 9.17) is 0 Å². The number of methoxy groups -OCH3 is 1. The zero-order valence-corrected chi connectivity index (χ0v) is 13.2. The van der Waals surface area contributed by atoms with Gasteiger partial charge in [-0.25, -0.2) is 4.39 Å². The van der Waals surface area contributed by atoms with Crippen molar-refractivity contribution in [3.63, 3.8) is 0 Å². The maximum atomic E-state index is 13.5. The van der Waals surface area contributed by atoms with Crippen LogP contribution in [0.2, 0.25) is 0 Å². The van der Waals surface area contributed by atoms with Gasteiger partial charge in [-0.05, 0) is 44.2 Å². The molecule has 0 aliphatic rings. The van der Waals surface area contributed by atoms with Crippen LogP contribution in [0, 0.1) is 19.7 Å². The number of carbonyl (C=O) groups is 2. The lowest BCUT2D eigenvalue weighted by atomic mass is 10.1. The van der Waals surface area contributed by atoms with Gasteiger partial charge in [0.25, 0.3) is 5.91 Å². The van der Waals surface area contributed by atoms with Crippen molar-refractivity contribution >= 4 is 17.6 Å². The molecule has 0 saturated heterocycles. The number of hydrogen-bond donors (Lipinski definition) is 0. The molecule has 0 fully saturated rings. The van der Waals surface area contributed by atoms with Gasteiger partial charge >= 0.3 is 5.97 Å². The molecule has 0 aliphatic carbocycles. The number of aryl methyl sites for hydroxylation is 2. The van der Waals surface area contributed by atoms with Crippen molar-refractivity contribution in [2.75, 3.05) is 18.6 Å². The summed E-state index contributed by atoms with van der Waals surface area (Å²) < 4.78 is 18.1. The molecule has 0 atom stereocenters. The van der Waals surface area contributed by atoms with Crippen molar-refractivity contribution < 1.29 is 18.7 Å². The Morgan fingerprint density at radius 2 is 1.96 bits per heavy atom. The number of ether oxygens (including phenoxy) is 1. The van der Waals surface area contributed by atoms with Gasteiger partial charge < -0.3 is 4.74 Å². The van der Waals surface area contributed by atoms with Crippen molar-refractivity contribution in [3.8, 4) is 0 Å². The lowest BCUT2D eigenvalue weighted by molar-refractivity contribution is -0.138. The summed E-state index contributed by atoms with van der Waals surface area (Å²) >= 11 is 0. The predicted octanol–water partition coefficient (Wildman–Crippen LogP) is 2.66. The van der Waals surface area contributed by atoms with Crippen LogP contribution in [0.1, 0.15) is 21.7 Å². The minimum absolute atomic E-state index is 0.278. The van der Waals surface area contributed by atoms with E-state index in [2.05, 4.69) is 9.72 Å². The number of carbonyl (C=O) groups excluding carboxylic acids is 2. The molecule has 23 heavy (non-hydrogen) atoms. The molecule has 0 saturated carbocycles. The number of hydrogen-bond acceptors (Lipinski definition) is 4. The molecule has 0 unspecified atom stereocenters. The third kappa shape index (κ3) is 3.91. The van der Waals surface area contributed by atoms with E-state index >= 15 is 0 Å². The van der Waals surface area contributed by atoms with Gasteiger partial charge in [-0.15, -0.1) is 0 Å². The molecule has 0 aliphatic heterocycles. The van der Waals surface area contributed by atoms with Crippen molar-refractivity contribution in [1.82, 2.24) is 4.98 Å². The first-order valence-corrected chi connectivity index (χ1v) is 7.01. The largest absolute Gasteiger partial charge is 0.468 e. The first-order chi connectivity index (χ1) is 10.9. The van der Waals surface area contributed by atoms with Crippen LogP contribution in [0.5, 0.6) is 0 Å². The molecule has 0 N–H and O–H groups in total. The Hall–Kier alpha value is -2.76. The van der Waals surface area contributed by atoms with E-state index in [1.54, 1.807) is 25.1 Å². The summed E-state index contributed by atoms with van der Waals surface area (Å²) in [5, 5.41) is 0. The van der Waals surface area contributed by atoms with Gasteiger partial charge in [-0.2, -0.15) is 0 Å². The Kier molecular flexibility index (Phi) is 5.05. The van der Waals surface area contributed by atoms with Crippen LogP contribution < -0.4 is 4.90 Å². The molecular formula is C17H17FN2O3. The van der Waals surface area contributed by atoms with E-state index in [0.717, 1.165) is 5.69 Å². The summed E-state index contributed by atoms with van der Waals surface area (Å²) in [6.07, 6.45) is 0. The van der Waals surface area contributed by atoms with Gasteiger partial charge in [0.2, 0.25) is 0 Å². The second kappa shape index (κ2) is 7.00. The molecule has 0 bridgehead atoms. The van der Waals surface area contributed by atoms with Crippen molar-refractivity contribution in [1.29, 1.82) is 0 Å². The smallest absolute Gasteiger partial charge is 0.325 e. The standard InChI is InChI=1S/C17H17FN2O3/c1-11-7-8-15(12(2)19-11)17(22)20(10-16(21)23-3)14-6-4-5-13(18)9-14/h4-9H,10H2,1-3H3. The van der Waals surface area contributed by atoms with E-state index in [-0.39, 0.29) is 12.2 Å². The Labute approximate surface area is 133 Å². The van der Waals surface area contributed by atoms with Gasteiger partial charge in [-0.3, -0.25) is 19.5 Å². The minimum atomic E-state index is -0.597. The highest BCUT2D eigenvalue weighted by molar-refractivity contribution is 6.08. The summed E-state index contributed by atoms with van der Waals surface area (Å²) in [4.78, 5) is 29.9. The number of rotatable bonds is 4. The van der Waals surface area contributed by atoms with Crippen LogP contribution in [0.15, 0.2) is 36.4 Å². The SMILES string of the molecule is COC(=O)CN(C(=O)c1ccc(C)nc1C)c1cccc(F)c1. The summed E-state index contributed by atoms with van der Waals surface area (Å²) in [5.74, 6) is -1.53. The molecule has 2 aromatic rings. The van der Waals surface area contributed by atoms with Gasteiger partial charge in [0, 0.05) is 11.4 Å². The van der Waals surface area contributed by atoms with Crippen LogP contribution in [0.25, 0.3) is 0 Å². The highest BCUT2D eigenvalue weighted by atomic mass is 19.1. The molecular weight excluding hydrogens is 299 g/mol. The summed E-state index contributed by atoms with van der Waals surface area (Å²) in [5.41, 5.74) is 1.95. The van der Waals surface area contributed by atoms with Gasteiger partial charge in [0.15, 0.2) is 0 Å². The number of halogens is 1. The van der Waals surface area contributed by atoms with Gasteiger partial charge in [-0.1, -0.05) is 6.07 Å². The monoisotopic (exact) mass is 316 g/mol. The summed E-state index contributed by atoms with van der Waals surface area (Å²) in [7, 11) is 1.23. The quantitative estimate of drug-likeness (QED) is 0.814. The van der Waals surface area contributed by atoms with E-state index in [0.29, 0.717) is 11.3 Å². The highest BCUT2D eigenvalue weighted by Crippen LogP contribution is 2.20. The molecule has 0 spiro atoms. The fraction of sp³-hybridized carbons (Fsp3) is 0.235. The fourth-order valence-electron chi connectivity index (χ4n) is 2.18. The van der Waals surface area contributed by atoms with E-state index in [1.165, 1.54) is 30.2 Å². The Morgan fingerprint density at radius 1 is 1.22 bits per heavy atom.